The fourth-order valence-corrected chi connectivity index (χ4v) is 2.11. The van der Waals surface area contributed by atoms with Gasteiger partial charge in [0.15, 0.2) is 0 Å². The third kappa shape index (κ3) is 2.54. The summed E-state index contributed by atoms with van der Waals surface area (Å²) in [4.78, 5) is 0. The summed E-state index contributed by atoms with van der Waals surface area (Å²) in [5.41, 5.74) is 2.49. The van der Waals surface area contributed by atoms with E-state index in [4.69, 9.17) is 11.6 Å². The number of aliphatic hydroxyl groups excluding tert-OH is 1. The average molecular weight is 266 g/mol. The van der Waals surface area contributed by atoms with Crippen molar-refractivity contribution in [1.82, 2.24) is 15.0 Å². The minimum atomic E-state index is -0.745. The van der Waals surface area contributed by atoms with Gasteiger partial charge in [-0.3, -0.25) is 0 Å². The second-order valence-electron chi connectivity index (χ2n) is 4.29. The molecule has 18 heavy (non-hydrogen) atoms. The highest BCUT2D eigenvalue weighted by atomic mass is 35.5. The molecule has 1 aromatic carbocycles. The molecule has 1 unspecified atom stereocenters. The van der Waals surface area contributed by atoms with Crippen molar-refractivity contribution < 1.29 is 5.11 Å². The van der Waals surface area contributed by atoms with E-state index in [1.54, 1.807) is 16.9 Å². The monoisotopic (exact) mass is 265 g/mol. The van der Waals surface area contributed by atoms with Gasteiger partial charge >= 0.3 is 0 Å². The maximum atomic E-state index is 10.4. The van der Waals surface area contributed by atoms with Crippen LogP contribution in [0.4, 0.5) is 0 Å². The first-order chi connectivity index (χ1) is 8.63. The molecule has 5 heteroatoms. The molecule has 96 valence electrons. The Morgan fingerprint density at radius 2 is 2.22 bits per heavy atom. The lowest BCUT2D eigenvalue weighted by atomic mass is 10.0. The normalized spacial score (nSPS) is 12.7. The first-order valence-electron chi connectivity index (χ1n) is 5.96. The van der Waals surface area contributed by atoms with Crippen molar-refractivity contribution in [3.8, 4) is 0 Å². The number of aromatic nitrogens is 3. The lowest BCUT2D eigenvalue weighted by molar-refractivity contribution is 0.206. The van der Waals surface area contributed by atoms with Crippen LogP contribution >= 0.6 is 11.6 Å². The molecule has 0 saturated heterocycles. The molecule has 1 N–H and O–H groups in total. The van der Waals surface area contributed by atoms with E-state index in [-0.39, 0.29) is 0 Å². The van der Waals surface area contributed by atoms with E-state index < -0.39 is 6.10 Å². The van der Waals surface area contributed by atoms with Crippen LogP contribution in [0.2, 0.25) is 5.02 Å². The second-order valence-corrected chi connectivity index (χ2v) is 4.72. The van der Waals surface area contributed by atoms with E-state index in [2.05, 4.69) is 17.2 Å². The van der Waals surface area contributed by atoms with E-state index in [9.17, 15) is 5.11 Å². The van der Waals surface area contributed by atoms with Gasteiger partial charge in [-0.2, -0.15) is 0 Å². The average Bonchev–Trinajstić information content (AvgIpc) is 2.80. The van der Waals surface area contributed by atoms with Gasteiger partial charge in [-0.15, -0.1) is 5.10 Å². The highest BCUT2D eigenvalue weighted by molar-refractivity contribution is 6.30. The summed E-state index contributed by atoms with van der Waals surface area (Å²) in [6.45, 7) is 4.75. The zero-order valence-corrected chi connectivity index (χ0v) is 11.2. The Morgan fingerprint density at radius 3 is 2.94 bits per heavy atom. The molecule has 1 atom stereocenters. The quantitative estimate of drug-likeness (QED) is 0.925. The van der Waals surface area contributed by atoms with E-state index in [0.29, 0.717) is 10.7 Å². The number of nitrogens with zero attached hydrogens (tertiary/aromatic N) is 3. The van der Waals surface area contributed by atoms with Crippen molar-refractivity contribution in [2.45, 2.75) is 32.9 Å². The number of hydrogen-bond donors (Lipinski definition) is 1. The van der Waals surface area contributed by atoms with Crippen molar-refractivity contribution in [3.63, 3.8) is 0 Å². The molecular weight excluding hydrogens is 250 g/mol. The fourth-order valence-electron chi connectivity index (χ4n) is 1.93. The van der Waals surface area contributed by atoms with Crippen LogP contribution in [0.25, 0.3) is 0 Å². The van der Waals surface area contributed by atoms with Crippen molar-refractivity contribution >= 4 is 11.6 Å². The molecule has 0 fully saturated rings. The van der Waals surface area contributed by atoms with Crippen LogP contribution in [0.5, 0.6) is 0 Å². The van der Waals surface area contributed by atoms with Crippen molar-refractivity contribution in [2.24, 2.45) is 0 Å². The summed E-state index contributed by atoms with van der Waals surface area (Å²) in [7, 11) is 0. The van der Waals surface area contributed by atoms with Gasteiger partial charge < -0.3 is 5.11 Å². The summed E-state index contributed by atoms with van der Waals surface area (Å²) in [5, 5.41) is 18.9. The summed E-state index contributed by atoms with van der Waals surface area (Å²) in [6, 6.07) is 5.49. The maximum Gasteiger partial charge on any atom is 0.123 e. The Hall–Kier alpha value is -1.39. The topological polar surface area (TPSA) is 50.9 Å². The molecule has 0 amide bonds. The Morgan fingerprint density at radius 1 is 1.44 bits per heavy atom. The third-order valence-corrected chi connectivity index (χ3v) is 3.13. The number of halogens is 1. The summed E-state index contributed by atoms with van der Waals surface area (Å²) in [6.07, 6.45) is 1.79. The molecule has 0 saturated carbocycles. The highest BCUT2D eigenvalue weighted by Gasteiger charge is 2.18. The number of aryl methyl sites for hydroxylation is 2. The smallest absolute Gasteiger partial charge is 0.123 e. The fraction of sp³-hybridized carbons (Fsp3) is 0.385. The molecule has 1 heterocycles. The predicted molar refractivity (Wildman–Crippen MR) is 70.6 cm³/mol. The Kier molecular flexibility index (Phi) is 3.99. The molecule has 0 radical (unpaired) electrons. The molecule has 2 rings (SSSR count). The van der Waals surface area contributed by atoms with Crippen molar-refractivity contribution in [3.05, 3.63) is 46.2 Å². The predicted octanol–water partition coefficient (Wildman–Crippen LogP) is 2.73. The number of hydrogen-bond acceptors (Lipinski definition) is 3. The van der Waals surface area contributed by atoms with Gasteiger partial charge in [0.05, 0.1) is 11.9 Å². The van der Waals surface area contributed by atoms with E-state index in [1.807, 2.05) is 19.1 Å². The van der Waals surface area contributed by atoms with Crippen LogP contribution in [-0.4, -0.2) is 20.1 Å². The van der Waals surface area contributed by atoms with Gasteiger partial charge in [-0.25, -0.2) is 4.68 Å². The lowest BCUT2D eigenvalue weighted by Crippen LogP contribution is -2.11. The van der Waals surface area contributed by atoms with E-state index in [0.717, 1.165) is 24.1 Å². The molecule has 0 spiro atoms. The van der Waals surface area contributed by atoms with Crippen molar-refractivity contribution in [2.75, 3.05) is 0 Å². The standard InChI is InChI=1S/C13H16ClN3O/c1-3-6-17-12(8-15-16-17)13(18)11-7-10(14)5-4-9(11)2/h4-5,7-8,13,18H,3,6H2,1-2H3. The Bertz CT molecular complexity index is 539. The van der Waals surface area contributed by atoms with Gasteiger partial charge in [0.25, 0.3) is 0 Å². The van der Waals surface area contributed by atoms with Gasteiger partial charge in [-0.1, -0.05) is 29.8 Å². The molecule has 0 aliphatic heterocycles. The SMILES string of the molecule is CCCn1nncc1C(O)c1cc(Cl)ccc1C. The van der Waals surface area contributed by atoms with Crippen LogP contribution in [-0.2, 0) is 6.54 Å². The number of aliphatic hydroxyl groups is 1. The lowest BCUT2D eigenvalue weighted by Gasteiger charge is -2.15. The molecule has 0 aliphatic rings. The van der Waals surface area contributed by atoms with Gasteiger partial charge in [0, 0.05) is 11.6 Å². The Balaban J connectivity index is 2.38. The summed E-state index contributed by atoms with van der Waals surface area (Å²) in [5.74, 6) is 0. The Labute approximate surface area is 111 Å². The maximum absolute atomic E-state index is 10.4. The number of rotatable bonds is 4. The third-order valence-electron chi connectivity index (χ3n) is 2.90. The van der Waals surface area contributed by atoms with Crippen LogP contribution < -0.4 is 0 Å². The number of benzene rings is 1. The largest absolute Gasteiger partial charge is 0.382 e. The van der Waals surface area contributed by atoms with E-state index in [1.165, 1.54) is 0 Å². The summed E-state index contributed by atoms with van der Waals surface area (Å²) < 4.78 is 1.73. The zero-order valence-electron chi connectivity index (χ0n) is 10.5. The molecule has 1 aromatic heterocycles. The molecule has 2 aromatic rings. The molecular formula is C13H16ClN3O. The van der Waals surface area contributed by atoms with Crippen LogP contribution in [0, 0.1) is 6.92 Å². The zero-order chi connectivity index (χ0) is 13.1. The summed E-state index contributed by atoms with van der Waals surface area (Å²) >= 11 is 5.97. The van der Waals surface area contributed by atoms with Crippen LogP contribution in [0.3, 0.4) is 0 Å². The minimum Gasteiger partial charge on any atom is -0.382 e. The van der Waals surface area contributed by atoms with Gasteiger partial charge in [0.2, 0.25) is 0 Å². The van der Waals surface area contributed by atoms with Crippen molar-refractivity contribution in [1.29, 1.82) is 0 Å². The first kappa shape index (κ1) is 13.1. The molecule has 0 aliphatic carbocycles. The molecule has 4 nitrogen and oxygen atoms in total. The van der Waals surface area contributed by atoms with Crippen LogP contribution in [0.15, 0.2) is 24.4 Å². The second kappa shape index (κ2) is 5.50. The first-order valence-corrected chi connectivity index (χ1v) is 6.33. The molecule has 0 bridgehead atoms. The van der Waals surface area contributed by atoms with Gasteiger partial charge in [0.1, 0.15) is 6.10 Å². The van der Waals surface area contributed by atoms with E-state index >= 15 is 0 Å². The van der Waals surface area contributed by atoms with Gasteiger partial charge in [-0.05, 0) is 36.6 Å². The minimum absolute atomic E-state index is 0.615. The van der Waals surface area contributed by atoms with Crippen LogP contribution in [0.1, 0.15) is 36.3 Å². The highest BCUT2D eigenvalue weighted by Crippen LogP contribution is 2.26.